The Morgan fingerprint density at radius 1 is 1.37 bits per heavy atom. The second kappa shape index (κ2) is 5.72. The number of carbonyl (C=O) groups excluding carboxylic acids is 1. The highest BCUT2D eigenvalue weighted by molar-refractivity contribution is 5.81. The van der Waals surface area contributed by atoms with Crippen molar-refractivity contribution >= 4 is 5.91 Å². The number of ether oxygens (including phenoxy) is 1. The molecule has 1 unspecified atom stereocenters. The molecule has 1 heterocycles. The van der Waals surface area contributed by atoms with E-state index in [0.29, 0.717) is 19.8 Å². The van der Waals surface area contributed by atoms with Crippen LogP contribution in [0.2, 0.25) is 0 Å². The number of hydrogen-bond acceptors (Lipinski definition) is 3. The quantitative estimate of drug-likeness (QED) is 0.844. The van der Waals surface area contributed by atoms with E-state index in [4.69, 9.17) is 4.74 Å². The van der Waals surface area contributed by atoms with Gasteiger partial charge in [0.05, 0.1) is 13.2 Å². The zero-order valence-corrected chi connectivity index (χ0v) is 11.1. The fourth-order valence-corrected chi connectivity index (χ4v) is 2.78. The molecule has 1 amide bonds. The molecule has 1 aromatic carbocycles. The Balaban J connectivity index is 1.55. The van der Waals surface area contributed by atoms with Crippen molar-refractivity contribution in [3.8, 4) is 0 Å². The Hall–Kier alpha value is -1.39. The van der Waals surface area contributed by atoms with E-state index in [1.54, 1.807) is 0 Å². The molecule has 1 aliphatic carbocycles. The van der Waals surface area contributed by atoms with E-state index in [9.17, 15) is 4.79 Å². The first-order chi connectivity index (χ1) is 9.33. The number of aryl methyl sites for hydroxylation is 2. The van der Waals surface area contributed by atoms with Crippen molar-refractivity contribution in [3.05, 3.63) is 34.9 Å². The van der Waals surface area contributed by atoms with Gasteiger partial charge in [-0.25, -0.2) is 0 Å². The van der Waals surface area contributed by atoms with Crippen LogP contribution in [0.15, 0.2) is 18.2 Å². The first kappa shape index (κ1) is 12.6. The summed E-state index contributed by atoms with van der Waals surface area (Å²) < 4.78 is 5.29. The second-order valence-corrected chi connectivity index (χ2v) is 5.26. The molecular formula is C15H20N2O2. The van der Waals surface area contributed by atoms with Crippen LogP contribution in [-0.4, -0.2) is 31.7 Å². The summed E-state index contributed by atoms with van der Waals surface area (Å²) in [7, 11) is 0. The van der Waals surface area contributed by atoms with Gasteiger partial charge in [0.2, 0.25) is 5.91 Å². The van der Waals surface area contributed by atoms with Crippen LogP contribution in [0.3, 0.4) is 0 Å². The predicted octanol–water partition coefficient (Wildman–Crippen LogP) is 0.780. The Morgan fingerprint density at radius 3 is 3.11 bits per heavy atom. The van der Waals surface area contributed by atoms with Crippen molar-refractivity contribution in [1.82, 2.24) is 10.6 Å². The van der Waals surface area contributed by atoms with E-state index in [1.807, 2.05) is 0 Å². The largest absolute Gasteiger partial charge is 0.378 e. The predicted molar refractivity (Wildman–Crippen MR) is 72.9 cm³/mol. The molecule has 2 N–H and O–H groups in total. The summed E-state index contributed by atoms with van der Waals surface area (Å²) in [5.74, 6) is 0.0280. The molecule has 4 heteroatoms. The van der Waals surface area contributed by atoms with Gasteiger partial charge in [-0.2, -0.15) is 0 Å². The molecule has 1 aromatic rings. The molecule has 0 spiro atoms. The normalized spacial score (nSPS) is 22.0. The lowest BCUT2D eigenvalue weighted by atomic mass is 10.1. The highest BCUT2D eigenvalue weighted by Gasteiger charge is 2.20. The number of benzene rings is 1. The average Bonchev–Trinajstić information content (AvgIpc) is 2.93. The topological polar surface area (TPSA) is 50.4 Å². The molecule has 4 nitrogen and oxygen atoms in total. The monoisotopic (exact) mass is 260 g/mol. The second-order valence-electron chi connectivity index (χ2n) is 5.26. The molecular weight excluding hydrogens is 240 g/mol. The van der Waals surface area contributed by atoms with Crippen LogP contribution < -0.4 is 10.6 Å². The molecule has 102 valence electrons. The summed E-state index contributed by atoms with van der Waals surface area (Å²) >= 11 is 0. The average molecular weight is 260 g/mol. The van der Waals surface area contributed by atoms with Crippen LogP contribution in [0.1, 0.15) is 23.1 Å². The molecule has 0 bridgehead atoms. The van der Waals surface area contributed by atoms with Gasteiger partial charge in [0.15, 0.2) is 0 Å². The first-order valence-electron chi connectivity index (χ1n) is 7.02. The van der Waals surface area contributed by atoms with Gasteiger partial charge >= 0.3 is 0 Å². The maximum absolute atomic E-state index is 12.0. The van der Waals surface area contributed by atoms with Gasteiger partial charge in [-0.3, -0.25) is 4.79 Å². The SMILES string of the molecule is O=C(NCc1ccc2c(c1)CCC2)C1COCCN1. The molecule has 19 heavy (non-hydrogen) atoms. The third kappa shape index (κ3) is 2.96. The number of morpholine rings is 1. The standard InChI is InChI=1S/C15H20N2O2/c18-15(14-10-19-7-6-16-14)17-9-11-4-5-12-2-1-3-13(12)8-11/h4-5,8,14,16H,1-3,6-7,9-10H2,(H,17,18). The Morgan fingerprint density at radius 2 is 2.26 bits per heavy atom. The van der Waals surface area contributed by atoms with E-state index in [1.165, 1.54) is 36.0 Å². The number of amides is 1. The molecule has 3 rings (SSSR count). The van der Waals surface area contributed by atoms with Crippen molar-refractivity contribution < 1.29 is 9.53 Å². The minimum Gasteiger partial charge on any atom is -0.378 e. The molecule has 2 aliphatic rings. The first-order valence-corrected chi connectivity index (χ1v) is 7.02. The van der Waals surface area contributed by atoms with E-state index in [-0.39, 0.29) is 11.9 Å². The van der Waals surface area contributed by atoms with Gasteiger partial charge in [-0.05, 0) is 36.0 Å². The highest BCUT2D eigenvalue weighted by atomic mass is 16.5. The smallest absolute Gasteiger partial charge is 0.239 e. The summed E-state index contributed by atoms with van der Waals surface area (Å²) in [6.07, 6.45) is 3.63. The van der Waals surface area contributed by atoms with Crippen LogP contribution >= 0.6 is 0 Å². The fourth-order valence-electron chi connectivity index (χ4n) is 2.78. The molecule has 1 atom stereocenters. The van der Waals surface area contributed by atoms with E-state index >= 15 is 0 Å². The number of hydrogen-bond donors (Lipinski definition) is 2. The van der Waals surface area contributed by atoms with Crippen LogP contribution in [-0.2, 0) is 28.9 Å². The van der Waals surface area contributed by atoms with E-state index < -0.39 is 0 Å². The number of nitrogens with one attached hydrogen (secondary N) is 2. The molecule has 1 aliphatic heterocycles. The lowest BCUT2D eigenvalue weighted by Crippen LogP contribution is -2.51. The van der Waals surface area contributed by atoms with Crippen LogP contribution in [0, 0.1) is 0 Å². The number of rotatable bonds is 3. The lowest BCUT2D eigenvalue weighted by Gasteiger charge is -2.22. The molecule has 1 fully saturated rings. The maximum Gasteiger partial charge on any atom is 0.239 e. The summed E-state index contributed by atoms with van der Waals surface area (Å²) in [6.45, 7) is 2.51. The van der Waals surface area contributed by atoms with Crippen molar-refractivity contribution in [2.24, 2.45) is 0 Å². The van der Waals surface area contributed by atoms with E-state index in [0.717, 1.165) is 6.54 Å². The third-order valence-electron chi connectivity index (χ3n) is 3.87. The van der Waals surface area contributed by atoms with Crippen molar-refractivity contribution in [3.63, 3.8) is 0 Å². The van der Waals surface area contributed by atoms with Crippen molar-refractivity contribution in [1.29, 1.82) is 0 Å². The fraction of sp³-hybridized carbons (Fsp3) is 0.533. The zero-order chi connectivity index (χ0) is 13.1. The summed E-state index contributed by atoms with van der Waals surface area (Å²) in [5, 5.41) is 6.14. The summed E-state index contributed by atoms with van der Waals surface area (Å²) in [6, 6.07) is 6.34. The Labute approximate surface area is 113 Å². The van der Waals surface area contributed by atoms with Crippen LogP contribution in [0.4, 0.5) is 0 Å². The molecule has 0 aromatic heterocycles. The molecule has 0 saturated carbocycles. The number of carbonyl (C=O) groups is 1. The number of fused-ring (bicyclic) bond motifs is 1. The molecule has 0 radical (unpaired) electrons. The Kier molecular flexibility index (Phi) is 3.80. The van der Waals surface area contributed by atoms with Crippen molar-refractivity contribution in [2.75, 3.05) is 19.8 Å². The minimum absolute atomic E-state index is 0.0280. The lowest BCUT2D eigenvalue weighted by molar-refractivity contribution is -0.126. The highest BCUT2D eigenvalue weighted by Crippen LogP contribution is 2.22. The summed E-state index contributed by atoms with van der Waals surface area (Å²) in [4.78, 5) is 12.0. The van der Waals surface area contributed by atoms with Gasteiger partial charge < -0.3 is 15.4 Å². The third-order valence-corrected chi connectivity index (χ3v) is 3.87. The van der Waals surface area contributed by atoms with Crippen molar-refractivity contribution in [2.45, 2.75) is 31.8 Å². The Bertz CT molecular complexity index is 467. The van der Waals surface area contributed by atoms with Crippen LogP contribution in [0.5, 0.6) is 0 Å². The van der Waals surface area contributed by atoms with E-state index in [2.05, 4.69) is 28.8 Å². The van der Waals surface area contributed by atoms with Gasteiger partial charge in [-0.15, -0.1) is 0 Å². The molecule has 1 saturated heterocycles. The van der Waals surface area contributed by atoms with Crippen LogP contribution in [0.25, 0.3) is 0 Å². The minimum atomic E-state index is -0.205. The van der Waals surface area contributed by atoms with Gasteiger partial charge in [0.1, 0.15) is 6.04 Å². The zero-order valence-electron chi connectivity index (χ0n) is 11.1. The van der Waals surface area contributed by atoms with Gasteiger partial charge in [0.25, 0.3) is 0 Å². The summed E-state index contributed by atoms with van der Waals surface area (Å²) in [5.41, 5.74) is 4.11. The van der Waals surface area contributed by atoms with Gasteiger partial charge in [-0.1, -0.05) is 18.2 Å². The maximum atomic E-state index is 12.0. The van der Waals surface area contributed by atoms with Gasteiger partial charge in [0, 0.05) is 13.1 Å².